The van der Waals surface area contributed by atoms with Crippen LogP contribution in [-0.4, -0.2) is 42.6 Å². The summed E-state index contributed by atoms with van der Waals surface area (Å²) < 4.78 is 40.3. The van der Waals surface area contributed by atoms with Crippen LogP contribution in [0.1, 0.15) is 43.4 Å². The smallest absolute Gasteiger partial charge is 0.336 e. The zero-order valence-corrected chi connectivity index (χ0v) is 20.1. The fourth-order valence-corrected chi connectivity index (χ4v) is 4.64. The standard InChI is InChI=1S/C25H19Cl2F2NO5/c1-34-13-8-12-6-7-30(24(31)15-10-17(26)18(27)11-16(15)25(32)33)23(21(12)20(9-13)35-2)14-4-3-5-19(28)22(14)29/h3-5,8-11,23H,6-7H2,1-2H3,(H,32,33). The SMILES string of the molecule is COc1cc2c(c(OC)c1)C(c1cccc(F)c1F)N(C(=O)c1cc(Cl)c(Cl)cc1C(=O)O)CC2. The number of hydrogen-bond acceptors (Lipinski definition) is 4. The molecule has 1 aliphatic rings. The highest BCUT2D eigenvalue weighted by Gasteiger charge is 2.38. The third kappa shape index (κ3) is 4.39. The van der Waals surface area contributed by atoms with E-state index in [1.807, 2.05) is 0 Å². The molecule has 1 aliphatic heterocycles. The molecule has 1 N–H and O–H groups in total. The second-order valence-electron chi connectivity index (χ2n) is 7.81. The second-order valence-corrected chi connectivity index (χ2v) is 8.63. The van der Waals surface area contributed by atoms with Gasteiger partial charge in [0.15, 0.2) is 11.6 Å². The summed E-state index contributed by atoms with van der Waals surface area (Å²) in [7, 11) is 2.90. The van der Waals surface area contributed by atoms with E-state index in [4.69, 9.17) is 32.7 Å². The number of fused-ring (bicyclic) bond motifs is 1. The van der Waals surface area contributed by atoms with Crippen molar-refractivity contribution in [3.8, 4) is 11.5 Å². The van der Waals surface area contributed by atoms with Crippen LogP contribution >= 0.6 is 23.2 Å². The van der Waals surface area contributed by atoms with E-state index < -0.39 is 29.6 Å². The average molecular weight is 522 g/mol. The molecule has 6 nitrogen and oxygen atoms in total. The van der Waals surface area contributed by atoms with E-state index >= 15 is 4.39 Å². The first kappa shape index (κ1) is 24.8. The lowest BCUT2D eigenvalue weighted by molar-refractivity contribution is 0.0650. The van der Waals surface area contributed by atoms with Gasteiger partial charge in [-0.15, -0.1) is 0 Å². The number of aromatic carboxylic acids is 1. The molecule has 0 spiro atoms. The van der Waals surface area contributed by atoms with Gasteiger partial charge in [0.25, 0.3) is 5.91 Å². The number of carboxylic acid groups (broad SMARTS) is 1. The fraction of sp³-hybridized carbons (Fsp3) is 0.200. The second kappa shape index (κ2) is 9.71. The molecular formula is C25H19Cl2F2NO5. The van der Waals surface area contributed by atoms with Gasteiger partial charge in [0.2, 0.25) is 0 Å². The van der Waals surface area contributed by atoms with Gasteiger partial charge in [-0.3, -0.25) is 4.79 Å². The van der Waals surface area contributed by atoms with Crippen molar-refractivity contribution in [3.63, 3.8) is 0 Å². The van der Waals surface area contributed by atoms with Crippen LogP contribution in [0.3, 0.4) is 0 Å². The molecule has 0 fully saturated rings. The van der Waals surface area contributed by atoms with Crippen LogP contribution in [0, 0.1) is 11.6 Å². The molecule has 1 heterocycles. The lowest BCUT2D eigenvalue weighted by Crippen LogP contribution is -2.41. The maximum atomic E-state index is 15.1. The predicted molar refractivity (Wildman–Crippen MR) is 126 cm³/mol. The number of methoxy groups -OCH3 is 2. The normalized spacial score (nSPS) is 14.9. The maximum Gasteiger partial charge on any atom is 0.336 e. The molecule has 4 rings (SSSR count). The third-order valence-corrected chi connectivity index (χ3v) is 6.64. The number of carbonyl (C=O) groups excluding carboxylic acids is 1. The lowest BCUT2D eigenvalue weighted by Gasteiger charge is -2.39. The molecule has 0 bridgehead atoms. The zero-order chi connectivity index (χ0) is 25.4. The van der Waals surface area contributed by atoms with E-state index in [1.165, 1.54) is 31.3 Å². The number of carbonyl (C=O) groups is 2. The summed E-state index contributed by atoms with van der Waals surface area (Å²) in [6.45, 7) is 0.0715. The van der Waals surface area contributed by atoms with Gasteiger partial charge in [-0.25, -0.2) is 13.6 Å². The van der Waals surface area contributed by atoms with Gasteiger partial charge in [-0.2, -0.15) is 0 Å². The first-order chi connectivity index (χ1) is 16.7. The molecule has 0 radical (unpaired) electrons. The van der Waals surface area contributed by atoms with Gasteiger partial charge in [0, 0.05) is 23.7 Å². The molecule has 1 amide bonds. The summed E-state index contributed by atoms with van der Waals surface area (Å²) in [5.74, 6) is -3.54. The summed E-state index contributed by atoms with van der Waals surface area (Å²) in [5.41, 5.74) is 0.445. The van der Waals surface area contributed by atoms with Gasteiger partial charge < -0.3 is 19.5 Å². The Morgan fingerprint density at radius 2 is 1.71 bits per heavy atom. The third-order valence-electron chi connectivity index (χ3n) is 5.92. The van der Waals surface area contributed by atoms with Crippen molar-refractivity contribution in [2.24, 2.45) is 0 Å². The van der Waals surface area contributed by atoms with Gasteiger partial charge in [-0.05, 0) is 36.2 Å². The van der Waals surface area contributed by atoms with E-state index in [0.717, 1.165) is 18.2 Å². The average Bonchev–Trinajstić information content (AvgIpc) is 2.85. The first-order valence-electron chi connectivity index (χ1n) is 10.4. The molecule has 0 saturated carbocycles. The Balaban J connectivity index is 1.96. The Morgan fingerprint density at radius 3 is 2.34 bits per heavy atom. The summed E-state index contributed by atoms with van der Waals surface area (Å²) in [6.07, 6.45) is 0.325. The minimum atomic E-state index is -1.39. The number of halogens is 4. The van der Waals surface area contributed by atoms with E-state index in [-0.39, 0.29) is 33.3 Å². The van der Waals surface area contributed by atoms with Crippen molar-refractivity contribution in [1.29, 1.82) is 0 Å². The molecular weight excluding hydrogens is 503 g/mol. The highest BCUT2D eigenvalue weighted by molar-refractivity contribution is 6.42. The molecule has 10 heteroatoms. The minimum Gasteiger partial charge on any atom is -0.497 e. The lowest BCUT2D eigenvalue weighted by atomic mass is 9.86. The topological polar surface area (TPSA) is 76.1 Å². The van der Waals surface area contributed by atoms with Crippen molar-refractivity contribution < 1.29 is 33.0 Å². The molecule has 1 unspecified atom stereocenters. The number of carboxylic acids is 1. The number of ether oxygens (including phenoxy) is 2. The molecule has 1 atom stereocenters. The zero-order valence-electron chi connectivity index (χ0n) is 18.6. The van der Waals surface area contributed by atoms with Crippen molar-refractivity contribution in [1.82, 2.24) is 4.90 Å². The van der Waals surface area contributed by atoms with E-state index in [9.17, 15) is 19.1 Å². The largest absolute Gasteiger partial charge is 0.497 e. The highest BCUT2D eigenvalue weighted by atomic mass is 35.5. The van der Waals surface area contributed by atoms with Crippen molar-refractivity contribution in [3.05, 3.63) is 92.0 Å². The van der Waals surface area contributed by atoms with Crippen LogP contribution in [0.4, 0.5) is 8.78 Å². The Kier molecular flexibility index (Phi) is 6.87. The fourth-order valence-electron chi connectivity index (χ4n) is 4.32. The van der Waals surface area contributed by atoms with Crippen molar-refractivity contribution >= 4 is 35.1 Å². The van der Waals surface area contributed by atoms with Crippen LogP contribution in [-0.2, 0) is 6.42 Å². The van der Waals surface area contributed by atoms with E-state index in [2.05, 4.69) is 0 Å². The van der Waals surface area contributed by atoms with E-state index in [0.29, 0.717) is 29.0 Å². The van der Waals surface area contributed by atoms with Gasteiger partial charge in [0.05, 0.1) is 41.4 Å². The maximum absolute atomic E-state index is 15.1. The molecule has 3 aromatic rings. The van der Waals surface area contributed by atoms with Gasteiger partial charge in [-0.1, -0.05) is 35.3 Å². The van der Waals surface area contributed by atoms with Crippen LogP contribution in [0.15, 0.2) is 42.5 Å². The Morgan fingerprint density at radius 1 is 1.03 bits per heavy atom. The summed E-state index contributed by atoms with van der Waals surface area (Å²) in [5, 5.41) is 9.62. The van der Waals surface area contributed by atoms with Gasteiger partial charge in [0.1, 0.15) is 11.5 Å². The monoisotopic (exact) mass is 521 g/mol. The van der Waals surface area contributed by atoms with Crippen LogP contribution in [0.25, 0.3) is 0 Å². The molecule has 3 aromatic carbocycles. The van der Waals surface area contributed by atoms with Crippen molar-refractivity contribution in [2.45, 2.75) is 12.5 Å². The van der Waals surface area contributed by atoms with Crippen LogP contribution in [0.2, 0.25) is 10.0 Å². The summed E-state index contributed by atoms with van der Waals surface area (Å²) in [4.78, 5) is 26.9. The molecule has 0 aromatic heterocycles. The number of hydrogen-bond donors (Lipinski definition) is 1. The number of benzene rings is 3. The Labute approximate surface area is 209 Å². The quantitative estimate of drug-likeness (QED) is 0.460. The number of amides is 1. The molecule has 0 aliphatic carbocycles. The highest BCUT2D eigenvalue weighted by Crippen LogP contribution is 2.44. The minimum absolute atomic E-state index is 0.0202. The van der Waals surface area contributed by atoms with Crippen LogP contribution < -0.4 is 9.47 Å². The summed E-state index contributed by atoms with van der Waals surface area (Å²) >= 11 is 12.1. The number of nitrogens with zero attached hydrogens (tertiary/aromatic N) is 1. The molecule has 0 saturated heterocycles. The number of rotatable bonds is 5. The summed E-state index contributed by atoms with van der Waals surface area (Å²) in [6, 6.07) is 8.12. The predicted octanol–water partition coefficient (Wildman–Crippen LogP) is 5.77. The first-order valence-corrected chi connectivity index (χ1v) is 11.2. The molecule has 35 heavy (non-hydrogen) atoms. The van der Waals surface area contributed by atoms with Crippen LogP contribution in [0.5, 0.6) is 11.5 Å². The Hall–Kier alpha value is -3.36. The van der Waals surface area contributed by atoms with Gasteiger partial charge >= 0.3 is 5.97 Å². The Bertz CT molecular complexity index is 1330. The molecule has 182 valence electrons. The van der Waals surface area contributed by atoms with E-state index in [1.54, 1.807) is 12.1 Å². The van der Waals surface area contributed by atoms with Crippen molar-refractivity contribution in [2.75, 3.05) is 20.8 Å².